The molecule has 1 amide bonds. The van der Waals surface area contributed by atoms with Gasteiger partial charge >= 0.3 is 0 Å². The molecule has 0 unspecified atom stereocenters. The Morgan fingerprint density at radius 2 is 1.40 bits per heavy atom. The van der Waals surface area contributed by atoms with E-state index in [4.69, 9.17) is 11.6 Å². The summed E-state index contributed by atoms with van der Waals surface area (Å²) in [5.41, 5.74) is 2.22. The first kappa shape index (κ1) is 20.4. The van der Waals surface area contributed by atoms with Crippen molar-refractivity contribution >= 4 is 17.5 Å². The Balaban J connectivity index is 1.55. The van der Waals surface area contributed by atoms with Crippen molar-refractivity contribution in [1.29, 1.82) is 0 Å². The quantitative estimate of drug-likeness (QED) is 0.573. The number of halogens is 3. The van der Waals surface area contributed by atoms with Crippen LogP contribution in [-0.2, 0) is 0 Å². The molecule has 1 aliphatic heterocycles. The summed E-state index contributed by atoms with van der Waals surface area (Å²) in [6.07, 6.45) is 1.55. The van der Waals surface area contributed by atoms with Crippen LogP contribution in [0, 0.1) is 11.6 Å². The summed E-state index contributed by atoms with van der Waals surface area (Å²) in [4.78, 5) is 20.8. The van der Waals surface area contributed by atoms with Crippen LogP contribution in [0.15, 0.2) is 66.9 Å². The summed E-state index contributed by atoms with van der Waals surface area (Å²) in [7, 11) is 0. The molecule has 0 N–H and O–H groups in total. The molecule has 0 bridgehead atoms. The van der Waals surface area contributed by atoms with Gasteiger partial charge in [-0.25, -0.2) is 13.8 Å². The van der Waals surface area contributed by atoms with Gasteiger partial charge in [0.2, 0.25) is 0 Å². The van der Waals surface area contributed by atoms with Gasteiger partial charge in [-0.15, -0.1) is 0 Å². The number of aromatic nitrogens is 1. The minimum atomic E-state index is -0.305. The first-order valence-corrected chi connectivity index (χ1v) is 10.1. The van der Waals surface area contributed by atoms with Gasteiger partial charge in [0.05, 0.1) is 11.6 Å². The molecule has 0 radical (unpaired) electrons. The molecule has 2 heterocycles. The molecule has 0 aliphatic carbocycles. The van der Waals surface area contributed by atoms with Crippen LogP contribution in [0.2, 0.25) is 5.15 Å². The second-order valence-corrected chi connectivity index (χ2v) is 7.53. The molecule has 7 heteroatoms. The zero-order valence-electron chi connectivity index (χ0n) is 16.1. The molecular weight excluding hydrogens is 408 g/mol. The van der Waals surface area contributed by atoms with E-state index in [0.717, 1.165) is 11.1 Å². The third-order valence-corrected chi connectivity index (χ3v) is 5.63. The number of hydrogen-bond acceptors (Lipinski definition) is 3. The number of nitrogens with zero attached hydrogens (tertiary/aromatic N) is 3. The van der Waals surface area contributed by atoms with E-state index in [1.807, 2.05) is 0 Å². The molecule has 1 fully saturated rings. The maximum atomic E-state index is 13.5. The number of carbonyl (C=O) groups is 1. The van der Waals surface area contributed by atoms with Crippen LogP contribution in [0.1, 0.15) is 27.5 Å². The van der Waals surface area contributed by atoms with Gasteiger partial charge in [0.1, 0.15) is 16.8 Å². The van der Waals surface area contributed by atoms with E-state index < -0.39 is 0 Å². The standard InChI is InChI=1S/C23H20ClF2N3O/c24-22-20(2-1-11-27-22)23(30)29-14-12-28(13-15-29)21(16-3-7-18(25)8-4-16)17-5-9-19(26)10-6-17/h1-11,21H,12-15H2. The molecule has 1 aliphatic rings. The van der Waals surface area contributed by atoms with Gasteiger partial charge in [-0.3, -0.25) is 9.69 Å². The van der Waals surface area contributed by atoms with Crippen molar-refractivity contribution in [2.24, 2.45) is 0 Å². The fourth-order valence-electron chi connectivity index (χ4n) is 3.80. The zero-order chi connectivity index (χ0) is 21.1. The summed E-state index contributed by atoms with van der Waals surface area (Å²) in [5, 5.41) is 0.195. The Kier molecular flexibility index (Phi) is 6.06. The number of pyridine rings is 1. The Morgan fingerprint density at radius 1 is 0.867 bits per heavy atom. The lowest BCUT2D eigenvalue weighted by molar-refractivity contribution is 0.0597. The maximum Gasteiger partial charge on any atom is 0.257 e. The van der Waals surface area contributed by atoms with Crippen LogP contribution < -0.4 is 0 Å². The van der Waals surface area contributed by atoms with Crippen molar-refractivity contribution in [2.75, 3.05) is 26.2 Å². The van der Waals surface area contributed by atoms with Gasteiger partial charge in [-0.1, -0.05) is 35.9 Å². The fraction of sp³-hybridized carbons (Fsp3) is 0.217. The highest BCUT2D eigenvalue weighted by Gasteiger charge is 2.29. The molecule has 154 valence electrons. The summed E-state index contributed by atoms with van der Waals surface area (Å²) in [5.74, 6) is -0.756. The molecule has 2 aromatic carbocycles. The largest absolute Gasteiger partial charge is 0.336 e. The van der Waals surface area contributed by atoms with E-state index in [1.165, 1.54) is 24.3 Å². The fourth-order valence-corrected chi connectivity index (χ4v) is 4.00. The third kappa shape index (κ3) is 4.35. The molecule has 1 saturated heterocycles. The molecule has 3 aromatic rings. The monoisotopic (exact) mass is 427 g/mol. The van der Waals surface area contributed by atoms with E-state index in [-0.39, 0.29) is 28.7 Å². The Bertz CT molecular complexity index is 974. The number of benzene rings is 2. The number of hydrogen-bond donors (Lipinski definition) is 0. The van der Waals surface area contributed by atoms with Crippen molar-refractivity contribution in [3.8, 4) is 0 Å². The molecule has 30 heavy (non-hydrogen) atoms. The lowest BCUT2D eigenvalue weighted by Gasteiger charge is -2.39. The summed E-state index contributed by atoms with van der Waals surface area (Å²) in [6, 6.07) is 15.9. The highest BCUT2D eigenvalue weighted by atomic mass is 35.5. The number of rotatable bonds is 4. The van der Waals surface area contributed by atoms with E-state index in [9.17, 15) is 13.6 Å². The van der Waals surface area contributed by atoms with E-state index in [2.05, 4.69) is 9.88 Å². The highest BCUT2D eigenvalue weighted by Crippen LogP contribution is 2.30. The number of carbonyl (C=O) groups excluding carboxylic acids is 1. The normalized spacial score (nSPS) is 14.9. The Morgan fingerprint density at radius 3 is 1.90 bits per heavy atom. The molecule has 0 spiro atoms. The smallest absolute Gasteiger partial charge is 0.257 e. The second kappa shape index (κ2) is 8.90. The third-order valence-electron chi connectivity index (χ3n) is 5.33. The topological polar surface area (TPSA) is 36.4 Å². The summed E-state index contributed by atoms with van der Waals surface area (Å²) >= 11 is 6.07. The first-order valence-electron chi connectivity index (χ1n) is 9.68. The highest BCUT2D eigenvalue weighted by molar-refractivity contribution is 6.32. The van der Waals surface area contributed by atoms with E-state index in [0.29, 0.717) is 31.7 Å². The average Bonchev–Trinajstić information content (AvgIpc) is 2.77. The van der Waals surface area contributed by atoms with Crippen molar-refractivity contribution in [2.45, 2.75) is 6.04 Å². The summed E-state index contributed by atoms with van der Waals surface area (Å²) < 4.78 is 26.9. The Hall–Kier alpha value is -2.83. The SMILES string of the molecule is O=C(c1cccnc1Cl)N1CCN(C(c2ccc(F)cc2)c2ccc(F)cc2)CC1. The molecule has 0 saturated carbocycles. The lowest BCUT2D eigenvalue weighted by Crippen LogP contribution is -2.50. The van der Waals surface area contributed by atoms with Crippen molar-refractivity contribution in [3.05, 3.63) is 100 Å². The van der Waals surface area contributed by atoms with Crippen LogP contribution in [0.3, 0.4) is 0 Å². The second-order valence-electron chi connectivity index (χ2n) is 7.18. The molecule has 0 atom stereocenters. The van der Waals surface area contributed by atoms with Crippen molar-refractivity contribution in [3.63, 3.8) is 0 Å². The van der Waals surface area contributed by atoms with Crippen LogP contribution in [-0.4, -0.2) is 46.9 Å². The Labute approximate surface area is 178 Å². The van der Waals surface area contributed by atoms with Gasteiger partial charge in [-0.05, 0) is 47.5 Å². The van der Waals surface area contributed by atoms with Gasteiger partial charge in [0.25, 0.3) is 5.91 Å². The molecular formula is C23H20ClF2N3O. The maximum absolute atomic E-state index is 13.5. The first-order chi connectivity index (χ1) is 14.5. The predicted molar refractivity (Wildman–Crippen MR) is 111 cm³/mol. The van der Waals surface area contributed by atoms with Crippen LogP contribution in [0.5, 0.6) is 0 Å². The number of piperazine rings is 1. The zero-order valence-corrected chi connectivity index (χ0v) is 16.9. The molecule has 4 nitrogen and oxygen atoms in total. The van der Waals surface area contributed by atoms with Gasteiger partial charge in [0.15, 0.2) is 0 Å². The van der Waals surface area contributed by atoms with Crippen molar-refractivity contribution < 1.29 is 13.6 Å². The van der Waals surface area contributed by atoms with Gasteiger partial charge in [-0.2, -0.15) is 0 Å². The molecule has 4 rings (SSSR count). The van der Waals surface area contributed by atoms with Crippen LogP contribution in [0.25, 0.3) is 0 Å². The van der Waals surface area contributed by atoms with Crippen LogP contribution >= 0.6 is 11.6 Å². The average molecular weight is 428 g/mol. The van der Waals surface area contributed by atoms with E-state index >= 15 is 0 Å². The minimum absolute atomic E-state index is 0.145. The van der Waals surface area contributed by atoms with Crippen LogP contribution in [0.4, 0.5) is 8.78 Å². The van der Waals surface area contributed by atoms with Gasteiger partial charge in [0, 0.05) is 32.4 Å². The lowest BCUT2D eigenvalue weighted by atomic mass is 9.96. The van der Waals surface area contributed by atoms with Gasteiger partial charge < -0.3 is 4.90 Å². The summed E-state index contributed by atoms with van der Waals surface area (Å²) in [6.45, 7) is 2.26. The predicted octanol–water partition coefficient (Wildman–Crippen LogP) is 4.56. The molecule has 1 aromatic heterocycles. The van der Waals surface area contributed by atoms with E-state index in [1.54, 1.807) is 47.5 Å². The number of amides is 1. The van der Waals surface area contributed by atoms with Crippen molar-refractivity contribution in [1.82, 2.24) is 14.8 Å². The minimum Gasteiger partial charge on any atom is -0.336 e.